The van der Waals surface area contributed by atoms with Crippen molar-refractivity contribution in [2.75, 3.05) is 6.54 Å². The van der Waals surface area contributed by atoms with Crippen LogP contribution in [-0.2, 0) is 17.6 Å². The Balaban J connectivity index is 1.96. The number of amides is 1. The fraction of sp³-hybridized carbons (Fsp3) is 0.611. The van der Waals surface area contributed by atoms with E-state index in [4.69, 9.17) is 5.73 Å². The number of aryl methyl sites for hydroxylation is 2. The first kappa shape index (κ1) is 16.0. The molecule has 0 aliphatic heterocycles. The summed E-state index contributed by atoms with van der Waals surface area (Å²) in [5, 5.41) is 3.11. The Hall–Kier alpha value is -1.35. The number of hydrogen-bond donors (Lipinski definition) is 2. The van der Waals surface area contributed by atoms with Gasteiger partial charge in [0.05, 0.1) is 6.04 Å². The fourth-order valence-electron chi connectivity index (χ4n) is 3.06. The van der Waals surface area contributed by atoms with Crippen molar-refractivity contribution >= 4 is 5.91 Å². The zero-order valence-corrected chi connectivity index (χ0v) is 13.3. The maximum atomic E-state index is 12.1. The van der Waals surface area contributed by atoms with E-state index in [0.717, 1.165) is 6.42 Å². The SMILES string of the molecule is CCC(CN)CC(=O)NC(C)c1ccc2c(c1)CCCC2. The van der Waals surface area contributed by atoms with Crippen LogP contribution in [0.4, 0.5) is 0 Å². The average molecular weight is 288 g/mol. The summed E-state index contributed by atoms with van der Waals surface area (Å²) in [6.07, 6.45) is 6.45. The van der Waals surface area contributed by atoms with E-state index >= 15 is 0 Å². The van der Waals surface area contributed by atoms with E-state index in [1.54, 1.807) is 0 Å². The Morgan fingerprint density at radius 1 is 1.29 bits per heavy atom. The van der Waals surface area contributed by atoms with Gasteiger partial charge in [0.2, 0.25) is 5.91 Å². The van der Waals surface area contributed by atoms with Crippen molar-refractivity contribution in [3.8, 4) is 0 Å². The van der Waals surface area contributed by atoms with E-state index in [9.17, 15) is 4.79 Å². The Labute approximate surface area is 128 Å². The van der Waals surface area contributed by atoms with Crippen molar-refractivity contribution in [2.24, 2.45) is 11.7 Å². The van der Waals surface area contributed by atoms with Gasteiger partial charge in [-0.25, -0.2) is 0 Å². The number of nitrogens with two attached hydrogens (primary N) is 1. The standard InChI is InChI=1S/C18H28N2O/c1-3-14(12-19)10-18(21)20-13(2)16-9-8-15-6-4-5-7-17(15)11-16/h8-9,11,13-14H,3-7,10,12,19H2,1-2H3,(H,20,21). The van der Waals surface area contributed by atoms with Crippen LogP contribution in [0.5, 0.6) is 0 Å². The lowest BCUT2D eigenvalue weighted by Crippen LogP contribution is -2.30. The Kier molecular flexibility index (Phi) is 5.80. The zero-order chi connectivity index (χ0) is 15.2. The fourth-order valence-corrected chi connectivity index (χ4v) is 3.06. The molecule has 116 valence electrons. The molecule has 2 rings (SSSR count). The van der Waals surface area contributed by atoms with Crippen LogP contribution in [0.25, 0.3) is 0 Å². The molecule has 0 fully saturated rings. The molecular weight excluding hydrogens is 260 g/mol. The summed E-state index contributed by atoms with van der Waals surface area (Å²) in [5.41, 5.74) is 9.83. The normalized spacial score (nSPS) is 16.9. The number of nitrogens with one attached hydrogen (secondary N) is 1. The second-order valence-corrected chi connectivity index (χ2v) is 6.24. The largest absolute Gasteiger partial charge is 0.350 e. The maximum Gasteiger partial charge on any atom is 0.220 e. The molecule has 0 aromatic heterocycles. The van der Waals surface area contributed by atoms with Crippen LogP contribution in [0.15, 0.2) is 18.2 Å². The predicted octanol–water partition coefficient (Wildman–Crippen LogP) is 3.12. The van der Waals surface area contributed by atoms with Gasteiger partial charge in [0, 0.05) is 6.42 Å². The van der Waals surface area contributed by atoms with Crippen LogP contribution in [0, 0.1) is 5.92 Å². The van der Waals surface area contributed by atoms with Gasteiger partial charge in [-0.2, -0.15) is 0 Å². The lowest BCUT2D eigenvalue weighted by molar-refractivity contribution is -0.122. The first-order valence-electron chi connectivity index (χ1n) is 8.25. The quantitative estimate of drug-likeness (QED) is 0.845. The van der Waals surface area contributed by atoms with Gasteiger partial charge < -0.3 is 11.1 Å². The molecule has 1 aromatic rings. The Bertz CT molecular complexity index is 480. The van der Waals surface area contributed by atoms with Gasteiger partial charge in [0.25, 0.3) is 0 Å². The second-order valence-electron chi connectivity index (χ2n) is 6.24. The zero-order valence-electron chi connectivity index (χ0n) is 13.3. The molecule has 2 unspecified atom stereocenters. The Morgan fingerprint density at radius 3 is 2.67 bits per heavy atom. The number of carbonyl (C=O) groups is 1. The molecule has 0 radical (unpaired) electrons. The molecule has 1 amide bonds. The molecule has 21 heavy (non-hydrogen) atoms. The van der Waals surface area contributed by atoms with E-state index in [0.29, 0.717) is 18.9 Å². The first-order valence-corrected chi connectivity index (χ1v) is 8.25. The smallest absolute Gasteiger partial charge is 0.220 e. The average Bonchev–Trinajstić information content (AvgIpc) is 2.52. The number of carbonyl (C=O) groups excluding carboxylic acids is 1. The third kappa shape index (κ3) is 4.31. The second kappa shape index (κ2) is 7.60. The van der Waals surface area contributed by atoms with Crippen LogP contribution < -0.4 is 11.1 Å². The molecule has 1 aliphatic rings. The summed E-state index contributed by atoms with van der Waals surface area (Å²) in [5.74, 6) is 0.401. The van der Waals surface area contributed by atoms with Crippen molar-refractivity contribution in [3.05, 3.63) is 34.9 Å². The maximum absolute atomic E-state index is 12.1. The molecule has 0 saturated carbocycles. The van der Waals surface area contributed by atoms with E-state index in [1.807, 2.05) is 0 Å². The molecule has 0 bridgehead atoms. The summed E-state index contributed by atoms with van der Waals surface area (Å²) >= 11 is 0. The van der Waals surface area contributed by atoms with Crippen LogP contribution in [0.1, 0.15) is 62.3 Å². The minimum Gasteiger partial charge on any atom is -0.350 e. The molecule has 3 nitrogen and oxygen atoms in total. The summed E-state index contributed by atoms with van der Waals surface area (Å²) in [6, 6.07) is 6.75. The van der Waals surface area contributed by atoms with Gasteiger partial charge in [-0.1, -0.05) is 31.5 Å². The van der Waals surface area contributed by atoms with Crippen molar-refractivity contribution in [3.63, 3.8) is 0 Å². The van der Waals surface area contributed by atoms with Crippen LogP contribution in [0.3, 0.4) is 0 Å². The number of benzene rings is 1. The van der Waals surface area contributed by atoms with Gasteiger partial charge in [0.1, 0.15) is 0 Å². The summed E-state index contributed by atoms with van der Waals surface area (Å²) in [6.45, 7) is 4.72. The molecule has 1 aromatic carbocycles. The third-order valence-electron chi connectivity index (χ3n) is 4.63. The lowest BCUT2D eigenvalue weighted by atomic mass is 9.89. The van der Waals surface area contributed by atoms with Gasteiger partial charge in [-0.15, -0.1) is 0 Å². The molecule has 0 spiro atoms. The van der Waals surface area contributed by atoms with Crippen molar-refractivity contribution in [2.45, 2.75) is 58.4 Å². The van der Waals surface area contributed by atoms with E-state index in [-0.39, 0.29) is 11.9 Å². The van der Waals surface area contributed by atoms with Gasteiger partial charge in [0.15, 0.2) is 0 Å². The topological polar surface area (TPSA) is 55.1 Å². The highest BCUT2D eigenvalue weighted by molar-refractivity contribution is 5.76. The monoisotopic (exact) mass is 288 g/mol. The summed E-state index contributed by atoms with van der Waals surface area (Å²) < 4.78 is 0. The van der Waals surface area contributed by atoms with E-state index in [2.05, 4.69) is 37.4 Å². The highest BCUT2D eigenvalue weighted by Gasteiger charge is 2.16. The number of rotatable bonds is 6. The molecular formula is C18H28N2O. The molecule has 3 heteroatoms. The van der Waals surface area contributed by atoms with Gasteiger partial charge in [-0.3, -0.25) is 4.79 Å². The summed E-state index contributed by atoms with van der Waals surface area (Å²) in [7, 11) is 0. The molecule has 3 N–H and O–H groups in total. The van der Waals surface area contributed by atoms with Crippen molar-refractivity contribution in [1.29, 1.82) is 0 Å². The highest BCUT2D eigenvalue weighted by Crippen LogP contribution is 2.24. The van der Waals surface area contributed by atoms with Gasteiger partial charge in [-0.05, 0) is 61.8 Å². The van der Waals surface area contributed by atoms with E-state index < -0.39 is 0 Å². The number of hydrogen-bond acceptors (Lipinski definition) is 2. The van der Waals surface area contributed by atoms with Gasteiger partial charge >= 0.3 is 0 Å². The van der Waals surface area contributed by atoms with Crippen LogP contribution in [0.2, 0.25) is 0 Å². The van der Waals surface area contributed by atoms with Crippen molar-refractivity contribution in [1.82, 2.24) is 5.32 Å². The van der Waals surface area contributed by atoms with Crippen molar-refractivity contribution < 1.29 is 4.79 Å². The van der Waals surface area contributed by atoms with Crippen LogP contribution >= 0.6 is 0 Å². The molecule has 0 heterocycles. The minimum absolute atomic E-state index is 0.0695. The first-order chi connectivity index (χ1) is 10.1. The van der Waals surface area contributed by atoms with E-state index in [1.165, 1.54) is 42.4 Å². The highest BCUT2D eigenvalue weighted by atomic mass is 16.1. The third-order valence-corrected chi connectivity index (χ3v) is 4.63. The van der Waals surface area contributed by atoms with Crippen LogP contribution in [-0.4, -0.2) is 12.5 Å². The molecule has 0 saturated heterocycles. The minimum atomic E-state index is 0.0695. The predicted molar refractivity (Wildman–Crippen MR) is 87.1 cm³/mol. The lowest BCUT2D eigenvalue weighted by Gasteiger charge is -2.21. The number of fused-ring (bicyclic) bond motifs is 1. The Morgan fingerprint density at radius 2 is 2.00 bits per heavy atom. The molecule has 2 atom stereocenters. The summed E-state index contributed by atoms with van der Waals surface area (Å²) in [4.78, 5) is 12.1. The molecule has 1 aliphatic carbocycles.